The van der Waals surface area contributed by atoms with Crippen molar-refractivity contribution in [1.29, 1.82) is 0 Å². The van der Waals surface area contributed by atoms with E-state index in [1.165, 1.54) is 5.56 Å². The second kappa shape index (κ2) is 7.36. The number of halogens is 1. The summed E-state index contributed by atoms with van der Waals surface area (Å²) in [5.74, 6) is 0.736. The Morgan fingerprint density at radius 2 is 2.14 bits per heavy atom. The first kappa shape index (κ1) is 15.7. The molecule has 2 aromatic rings. The van der Waals surface area contributed by atoms with Gasteiger partial charge in [-0.05, 0) is 31.0 Å². The van der Waals surface area contributed by atoms with E-state index in [1.54, 1.807) is 0 Å². The van der Waals surface area contributed by atoms with Gasteiger partial charge in [0.25, 0.3) is 0 Å². The highest BCUT2D eigenvalue weighted by Crippen LogP contribution is 2.28. The van der Waals surface area contributed by atoms with Gasteiger partial charge in [-0.1, -0.05) is 25.4 Å². The number of nitrogens with zero attached hydrogens (tertiary/aromatic N) is 2. The van der Waals surface area contributed by atoms with E-state index in [1.807, 2.05) is 36.1 Å². The molecule has 1 N–H and O–H groups in total. The number of aromatic nitrogens is 2. The number of nitrogens with one attached hydrogen (secondary N) is 1. The van der Waals surface area contributed by atoms with Crippen LogP contribution in [0.3, 0.4) is 0 Å². The molecule has 21 heavy (non-hydrogen) atoms. The van der Waals surface area contributed by atoms with Gasteiger partial charge < -0.3 is 10.1 Å². The molecule has 0 saturated carbocycles. The molecule has 1 aromatic heterocycles. The molecule has 0 unspecified atom stereocenters. The van der Waals surface area contributed by atoms with Gasteiger partial charge in [0, 0.05) is 31.0 Å². The molecule has 0 amide bonds. The first-order chi connectivity index (χ1) is 10.1. The van der Waals surface area contributed by atoms with Crippen molar-refractivity contribution in [3.63, 3.8) is 0 Å². The van der Waals surface area contributed by atoms with Gasteiger partial charge in [-0.2, -0.15) is 5.10 Å². The Morgan fingerprint density at radius 3 is 2.81 bits per heavy atom. The van der Waals surface area contributed by atoms with Crippen molar-refractivity contribution in [3.8, 4) is 5.75 Å². The van der Waals surface area contributed by atoms with Crippen LogP contribution in [-0.2, 0) is 20.0 Å². The minimum absolute atomic E-state index is 0.635. The molecule has 0 bridgehead atoms. The molecular weight excluding hydrogens is 286 g/mol. The minimum Gasteiger partial charge on any atom is -0.492 e. The van der Waals surface area contributed by atoms with Gasteiger partial charge in [-0.15, -0.1) is 0 Å². The topological polar surface area (TPSA) is 39.1 Å². The lowest BCUT2D eigenvalue weighted by molar-refractivity contribution is 0.317. The van der Waals surface area contributed by atoms with Crippen molar-refractivity contribution >= 4 is 17.3 Å². The summed E-state index contributed by atoms with van der Waals surface area (Å²) in [5, 5.41) is 8.45. The molecule has 0 spiro atoms. The van der Waals surface area contributed by atoms with Crippen molar-refractivity contribution in [2.45, 2.75) is 33.2 Å². The molecule has 0 fully saturated rings. The molecule has 1 aromatic carbocycles. The van der Waals surface area contributed by atoms with Crippen molar-refractivity contribution in [2.75, 3.05) is 11.9 Å². The third-order valence-corrected chi connectivity index (χ3v) is 3.50. The van der Waals surface area contributed by atoms with E-state index >= 15 is 0 Å². The van der Waals surface area contributed by atoms with Crippen molar-refractivity contribution in [3.05, 3.63) is 40.7 Å². The largest absolute Gasteiger partial charge is 0.492 e. The van der Waals surface area contributed by atoms with E-state index in [-0.39, 0.29) is 0 Å². The predicted molar refractivity (Wildman–Crippen MR) is 87.2 cm³/mol. The molecule has 5 heteroatoms. The van der Waals surface area contributed by atoms with Crippen molar-refractivity contribution in [2.24, 2.45) is 7.05 Å². The lowest BCUT2D eigenvalue weighted by atomic mass is 10.2. The highest BCUT2D eigenvalue weighted by molar-refractivity contribution is 6.32. The summed E-state index contributed by atoms with van der Waals surface area (Å²) in [6.07, 6.45) is 3.95. The van der Waals surface area contributed by atoms with Gasteiger partial charge in [0.05, 0.1) is 17.3 Å². The molecule has 4 nitrogen and oxygen atoms in total. The van der Waals surface area contributed by atoms with Crippen molar-refractivity contribution < 1.29 is 4.74 Å². The summed E-state index contributed by atoms with van der Waals surface area (Å²) in [5.41, 5.74) is 3.32. The molecule has 0 aliphatic rings. The molecule has 0 saturated heterocycles. The molecule has 0 radical (unpaired) electrons. The van der Waals surface area contributed by atoms with E-state index in [4.69, 9.17) is 16.3 Å². The Labute approximate surface area is 131 Å². The van der Waals surface area contributed by atoms with E-state index in [2.05, 4.69) is 24.3 Å². The second-order valence-corrected chi connectivity index (χ2v) is 5.38. The van der Waals surface area contributed by atoms with Crippen LogP contribution in [0.1, 0.15) is 31.5 Å². The second-order valence-electron chi connectivity index (χ2n) is 4.98. The zero-order chi connectivity index (χ0) is 15.2. The van der Waals surface area contributed by atoms with Gasteiger partial charge >= 0.3 is 0 Å². The molecule has 0 atom stereocenters. The van der Waals surface area contributed by atoms with Gasteiger partial charge in [-0.3, -0.25) is 4.68 Å². The van der Waals surface area contributed by atoms with E-state index in [9.17, 15) is 0 Å². The Kier molecular flexibility index (Phi) is 5.51. The maximum absolute atomic E-state index is 6.23. The summed E-state index contributed by atoms with van der Waals surface area (Å²) in [4.78, 5) is 0. The highest BCUT2D eigenvalue weighted by atomic mass is 35.5. The van der Waals surface area contributed by atoms with Gasteiger partial charge in [0.2, 0.25) is 0 Å². The average Bonchev–Trinajstić information content (AvgIpc) is 2.84. The maximum atomic E-state index is 6.23. The first-order valence-electron chi connectivity index (χ1n) is 7.31. The molecule has 114 valence electrons. The summed E-state index contributed by atoms with van der Waals surface area (Å²) < 4.78 is 7.42. The predicted octanol–water partition coefficient (Wildman–Crippen LogP) is 4.04. The fourth-order valence-electron chi connectivity index (χ4n) is 2.17. The minimum atomic E-state index is 0.635. The summed E-state index contributed by atoms with van der Waals surface area (Å²) in [6, 6.07) is 5.79. The smallest absolute Gasteiger partial charge is 0.138 e. The van der Waals surface area contributed by atoms with E-state index in [0.29, 0.717) is 11.6 Å². The third kappa shape index (κ3) is 4.14. The number of rotatable bonds is 7. The van der Waals surface area contributed by atoms with Gasteiger partial charge in [0.15, 0.2) is 0 Å². The average molecular weight is 308 g/mol. The third-order valence-electron chi connectivity index (χ3n) is 3.20. The Balaban J connectivity index is 2.01. The monoisotopic (exact) mass is 307 g/mol. The van der Waals surface area contributed by atoms with Crippen LogP contribution >= 0.6 is 11.6 Å². The molecular formula is C16H22ClN3O. The number of hydrogen-bond acceptors (Lipinski definition) is 3. The van der Waals surface area contributed by atoms with Crippen LogP contribution in [0.5, 0.6) is 5.75 Å². The van der Waals surface area contributed by atoms with Crippen LogP contribution < -0.4 is 10.1 Å². The summed E-state index contributed by atoms with van der Waals surface area (Å²) >= 11 is 6.23. The number of anilines is 1. The van der Waals surface area contributed by atoms with Crippen LogP contribution in [0, 0.1) is 0 Å². The highest BCUT2D eigenvalue weighted by Gasteiger charge is 2.07. The molecule has 0 aliphatic heterocycles. The number of hydrogen-bond donors (Lipinski definition) is 1. The van der Waals surface area contributed by atoms with Gasteiger partial charge in [0.1, 0.15) is 5.75 Å². The van der Waals surface area contributed by atoms with Crippen molar-refractivity contribution in [1.82, 2.24) is 9.78 Å². The SMILES string of the molecule is CCCOc1ccc(NCc2cn(C)nc2CC)cc1Cl. The van der Waals surface area contributed by atoms with Crippen LogP contribution in [0.15, 0.2) is 24.4 Å². The van der Waals surface area contributed by atoms with Gasteiger partial charge in [-0.25, -0.2) is 0 Å². The van der Waals surface area contributed by atoms with Crippen LogP contribution in [0.4, 0.5) is 5.69 Å². The van der Waals surface area contributed by atoms with Crippen LogP contribution in [-0.4, -0.2) is 16.4 Å². The normalized spacial score (nSPS) is 10.7. The fourth-order valence-corrected chi connectivity index (χ4v) is 2.40. The van der Waals surface area contributed by atoms with Crippen LogP contribution in [0.25, 0.3) is 0 Å². The van der Waals surface area contributed by atoms with Crippen LogP contribution in [0.2, 0.25) is 5.02 Å². The Hall–Kier alpha value is -1.68. The van der Waals surface area contributed by atoms with E-state index < -0.39 is 0 Å². The zero-order valence-corrected chi connectivity index (χ0v) is 13.6. The number of benzene rings is 1. The zero-order valence-electron chi connectivity index (χ0n) is 12.8. The standard InChI is InChI=1S/C16H22ClN3O/c1-4-8-21-16-7-6-13(9-14(16)17)18-10-12-11-20(3)19-15(12)5-2/h6-7,9,11,18H,4-5,8,10H2,1-3H3. The Morgan fingerprint density at radius 1 is 1.33 bits per heavy atom. The number of aryl methyl sites for hydroxylation is 2. The molecule has 1 heterocycles. The Bertz CT molecular complexity index is 595. The fraction of sp³-hybridized carbons (Fsp3) is 0.438. The quantitative estimate of drug-likeness (QED) is 0.839. The summed E-state index contributed by atoms with van der Waals surface area (Å²) in [6.45, 7) is 5.61. The number of ether oxygens (including phenoxy) is 1. The maximum Gasteiger partial charge on any atom is 0.138 e. The lowest BCUT2D eigenvalue weighted by Gasteiger charge is -2.10. The summed E-state index contributed by atoms with van der Waals surface area (Å²) in [7, 11) is 1.94. The van der Waals surface area contributed by atoms with E-state index in [0.717, 1.165) is 36.5 Å². The molecule has 2 rings (SSSR count). The molecule has 0 aliphatic carbocycles. The first-order valence-corrected chi connectivity index (χ1v) is 7.69. The lowest BCUT2D eigenvalue weighted by Crippen LogP contribution is -2.02.